The van der Waals surface area contributed by atoms with Gasteiger partial charge in [0.2, 0.25) is 0 Å². The molecule has 5 nitrogen and oxygen atoms in total. The number of hydrogen-bond donors (Lipinski definition) is 2. The Labute approximate surface area is 105 Å². The molecule has 0 amide bonds. The fourth-order valence-corrected chi connectivity index (χ4v) is 2.22. The van der Waals surface area contributed by atoms with Gasteiger partial charge in [0, 0.05) is 18.6 Å². The number of aryl methyl sites for hydroxylation is 1. The van der Waals surface area contributed by atoms with Crippen molar-refractivity contribution in [2.24, 2.45) is 0 Å². The molecule has 1 aliphatic heterocycles. The summed E-state index contributed by atoms with van der Waals surface area (Å²) in [4.78, 5) is 11.8. The van der Waals surface area contributed by atoms with Gasteiger partial charge in [-0.05, 0) is 26.8 Å². The zero-order chi connectivity index (χ0) is 12.5. The first kappa shape index (κ1) is 12.4. The van der Waals surface area contributed by atoms with Gasteiger partial charge in [-0.25, -0.2) is 4.68 Å². The molecule has 0 radical (unpaired) electrons. The lowest BCUT2D eigenvalue weighted by atomic mass is 10.0. The van der Waals surface area contributed by atoms with E-state index in [2.05, 4.69) is 22.7 Å². The summed E-state index contributed by atoms with van der Waals surface area (Å²) in [6, 6.07) is 0. The monoisotopic (exact) mass is 256 g/mol. The second-order valence-corrected chi connectivity index (χ2v) is 4.98. The van der Waals surface area contributed by atoms with Crippen LogP contribution in [0.5, 0.6) is 0 Å². The Kier molecular flexibility index (Phi) is 3.40. The van der Waals surface area contributed by atoms with Crippen LogP contribution in [0, 0.1) is 0 Å². The summed E-state index contributed by atoms with van der Waals surface area (Å²) < 4.78 is 1.35. The zero-order valence-electron chi connectivity index (χ0n) is 10.1. The van der Waals surface area contributed by atoms with Crippen LogP contribution in [0.3, 0.4) is 0 Å². The summed E-state index contributed by atoms with van der Waals surface area (Å²) in [6.45, 7) is 6.33. The molecule has 2 rings (SSSR count). The summed E-state index contributed by atoms with van der Waals surface area (Å²) in [5.74, 6) is 0. The molecule has 17 heavy (non-hydrogen) atoms. The van der Waals surface area contributed by atoms with E-state index in [1.807, 2.05) is 6.92 Å². The molecule has 0 saturated carbocycles. The van der Waals surface area contributed by atoms with Crippen LogP contribution in [0.2, 0.25) is 5.02 Å². The van der Waals surface area contributed by atoms with Crippen molar-refractivity contribution in [2.45, 2.75) is 32.4 Å². The van der Waals surface area contributed by atoms with Gasteiger partial charge in [0.1, 0.15) is 5.02 Å². The van der Waals surface area contributed by atoms with E-state index in [1.165, 1.54) is 4.68 Å². The Hall–Kier alpha value is -1.07. The van der Waals surface area contributed by atoms with Gasteiger partial charge in [-0.15, -0.1) is 0 Å². The van der Waals surface area contributed by atoms with Gasteiger partial charge < -0.3 is 10.6 Å². The molecule has 1 atom stereocenters. The van der Waals surface area contributed by atoms with Gasteiger partial charge in [-0.2, -0.15) is 5.10 Å². The van der Waals surface area contributed by atoms with Crippen LogP contribution in [0.25, 0.3) is 0 Å². The van der Waals surface area contributed by atoms with Gasteiger partial charge in [0.15, 0.2) is 0 Å². The fraction of sp³-hybridized carbons (Fsp3) is 0.636. The van der Waals surface area contributed by atoms with E-state index in [9.17, 15) is 4.79 Å². The molecule has 6 heteroatoms. The maximum Gasteiger partial charge on any atom is 0.287 e. The van der Waals surface area contributed by atoms with E-state index in [-0.39, 0.29) is 16.1 Å². The number of rotatable bonds is 3. The summed E-state index contributed by atoms with van der Waals surface area (Å²) in [5.41, 5.74) is 0.317. The van der Waals surface area contributed by atoms with Crippen molar-refractivity contribution in [1.82, 2.24) is 15.1 Å². The number of hydrogen-bond acceptors (Lipinski definition) is 4. The highest BCUT2D eigenvalue weighted by Crippen LogP contribution is 2.24. The number of halogens is 1. The third-order valence-corrected chi connectivity index (χ3v) is 3.45. The lowest BCUT2D eigenvalue weighted by molar-refractivity contribution is 0.562. The maximum atomic E-state index is 11.8. The zero-order valence-corrected chi connectivity index (χ0v) is 10.8. The lowest BCUT2D eigenvalue weighted by Gasteiger charge is -2.26. The van der Waals surface area contributed by atoms with Crippen LogP contribution in [-0.4, -0.2) is 28.4 Å². The normalized spacial score (nSPS) is 23.9. The van der Waals surface area contributed by atoms with Crippen molar-refractivity contribution in [3.8, 4) is 0 Å². The second-order valence-electron chi connectivity index (χ2n) is 4.61. The van der Waals surface area contributed by atoms with E-state index in [0.29, 0.717) is 12.2 Å². The smallest absolute Gasteiger partial charge is 0.287 e. The van der Waals surface area contributed by atoms with Crippen molar-refractivity contribution in [2.75, 3.05) is 18.4 Å². The van der Waals surface area contributed by atoms with Crippen LogP contribution in [0.15, 0.2) is 11.0 Å². The third kappa shape index (κ3) is 2.45. The van der Waals surface area contributed by atoms with E-state index >= 15 is 0 Å². The number of anilines is 1. The highest BCUT2D eigenvalue weighted by atomic mass is 35.5. The van der Waals surface area contributed by atoms with E-state index < -0.39 is 0 Å². The molecule has 0 spiro atoms. The maximum absolute atomic E-state index is 11.8. The Balaban J connectivity index is 2.28. The van der Waals surface area contributed by atoms with Gasteiger partial charge in [-0.1, -0.05) is 11.6 Å². The molecule has 1 aliphatic rings. The minimum absolute atomic E-state index is 0.0594. The van der Waals surface area contributed by atoms with Crippen molar-refractivity contribution < 1.29 is 0 Å². The molecule has 1 unspecified atom stereocenters. The summed E-state index contributed by atoms with van der Waals surface area (Å²) in [6.07, 6.45) is 2.62. The summed E-state index contributed by atoms with van der Waals surface area (Å²) in [5, 5.41) is 10.9. The molecule has 1 fully saturated rings. The molecule has 1 aromatic heterocycles. The van der Waals surface area contributed by atoms with Crippen LogP contribution < -0.4 is 16.2 Å². The van der Waals surface area contributed by atoms with E-state index in [0.717, 1.165) is 19.5 Å². The molecule has 1 saturated heterocycles. The highest BCUT2D eigenvalue weighted by Gasteiger charge is 2.29. The van der Waals surface area contributed by atoms with E-state index in [4.69, 9.17) is 11.6 Å². The summed E-state index contributed by atoms with van der Waals surface area (Å²) >= 11 is 6.06. The third-order valence-electron chi connectivity index (χ3n) is 3.09. The molecular formula is C11H17ClN4O. The molecule has 2 N–H and O–H groups in total. The first-order valence-corrected chi connectivity index (χ1v) is 6.18. The Bertz CT molecular complexity index is 465. The average Bonchev–Trinajstić information content (AvgIpc) is 2.72. The fourth-order valence-electron chi connectivity index (χ4n) is 2.03. The molecular weight excluding hydrogens is 240 g/mol. The molecule has 1 aromatic rings. The highest BCUT2D eigenvalue weighted by molar-refractivity contribution is 6.32. The molecule has 94 valence electrons. The molecule has 0 aliphatic carbocycles. The van der Waals surface area contributed by atoms with Crippen molar-refractivity contribution in [1.29, 1.82) is 0 Å². The molecule has 0 bridgehead atoms. The number of aromatic nitrogens is 2. The van der Waals surface area contributed by atoms with E-state index in [1.54, 1.807) is 6.20 Å². The second kappa shape index (κ2) is 4.66. The minimum Gasteiger partial charge on any atom is -0.376 e. The number of nitrogens with zero attached hydrogens (tertiary/aromatic N) is 2. The quantitative estimate of drug-likeness (QED) is 0.850. The Morgan fingerprint density at radius 3 is 3.06 bits per heavy atom. The van der Waals surface area contributed by atoms with Crippen LogP contribution in [-0.2, 0) is 6.54 Å². The number of nitrogens with one attached hydrogen (secondary N) is 2. The molecule has 2 heterocycles. The average molecular weight is 257 g/mol. The first-order valence-electron chi connectivity index (χ1n) is 5.80. The van der Waals surface area contributed by atoms with Gasteiger partial charge in [0.25, 0.3) is 5.56 Å². The SMILES string of the molecule is CCn1ncc(NC2(C)CCNC2)c(Cl)c1=O. The summed E-state index contributed by atoms with van der Waals surface area (Å²) in [7, 11) is 0. The van der Waals surface area contributed by atoms with Crippen molar-refractivity contribution >= 4 is 17.3 Å². The van der Waals surface area contributed by atoms with Crippen molar-refractivity contribution in [3.63, 3.8) is 0 Å². The predicted octanol–water partition coefficient (Wildman–Crippen LogP) is 1.08. The first-order chi connectivity index (χ1) is 8.06. The lowest BCUT2D eigenvalue weighted by Crippen LogP contribution is -2.38. The standard InChI is InChI=1S/C11H17ClN4O/c1-3-16-10(17)9(12)8(6-14-16)15-11(2)4-5-13-7-11/h6,13,15H,3-5,7H2,1-2H3. The Morgan fingerprint density at radius 1 is 1.71 bits per heavy atom. The van der Waals surface area contributed by atoms with Crippen molar-refractivity contribution in [3.05, 3.63) is 21.6 Å². The van der Waals surface area contributed by atoms with Crippen LogP contribution in [0.4, 0.5) is 5.69 Å². The van der Waals surface area contributed by atoms with Crippen LogP contribution in [0.1, 0.15) is 20.3 Å². The van der Waals surface area contributed by atoms with Gasteiger partial charge in [-0.3, -0.25) is 4.79 Å². The van der Waals surface area contributed by atoms with Gasteiger partial charge >= 0.3 is 0 Å². The Morgan fingerprint density at radius 2 is 2.47 bits per heavy atom. The topological polar surface area (TPSA) is 59.0 Å². The molecule has 0 aromatic carbocycles. The predicted molar refractivity (Wildman–Crippen MR) is 68.7 cm³/mol. The minimum atomic E-state index is -0.242. The van der Waals surface area contributed by atoms with Gasteiger partial charge in [0.05, 0.1) is 11.9 Å². The van der Waals surface area contributed by atoms with Crippen LogP contribution >= 0.6 is 11.6 Å². The largest absolute Gasteiger partial charge is 0.376 e.